The number of benzene rings is 2. The number of hydrogen-bond acceptors (Lipinski definition) is 4. The molecule has 0 amide bonds. The lowest BCUT2D eigenvalue weighted by Gasteiger charge is -2.13. The van der Waals surface area contributed by atoms with E-state index in [0.29, 0.717) is 22.4 Å². The first-order valence-electron chi connectivity index (χ1n) is 7.45. The summed E-state index contributed by atoms with van der Waals surface area (Å²) in [6.07, 6.45) is 3.33. The first-order chi connectivity index (χ1) is 11.7. The second-order valence-electron chi connectivity index (χ2n) is 5.35. The second kappa shape index (κ2) is 5.62. The van der Waals surface area contributed by atoms with Crippen LogP contribution in [0.2, 0.25) is 0 Å². The number of fused-ring (bicyclic) bond motifs is 1. The van der Waals surface area contributed by atoms with Gasteiger partial charge in [-0.25, -0.2) is 4.98 Å². The predicted octanol–water partition coefficient (Wildman–Crippen LogP) is 3.15. The summed E-state index contributed by atoms with van der Waals surface area (Å²) in [4.78, 5) is 21.8. The molecule has 0 saturated carbocycles. The van der Waals surface area contributed by atoms with Gasteiger partial charge >= 0.3 is 0 Å². The van der Waals surface area contributed by atoms with Gasteiger partial charge in [-0.15, -0.1) is 0 Å². The maximum absolute atomic E-state index is 13.1. The first kappa shape index (κ1) is 14.1. The number of phenols is 1. The highest BCUT2D eigenvalue weighted by Gasteiger charge is 2.14. The third-order valence-corrected chi connectivity index (χ3v) is 3.78. The fourth-order valence-corrected chi connectivity index (χ4v) is 2.69. The van der Waals surface area contributed by atoms with Gasteiger partial charge in [-0.2, -0.15) is 0 Å². The molecule has 116 valence electrons. The summed E-state index contributed by atoms with van der Waals surface area (Å²) < 4.78 is 1.50. The van der Waals surface area contributed by atoms with Gasteiger partial charge in [0.1, 0.15) is 11.6 Å². The highest BCUT2D eigenvalue weighted by atomic mass is 16.3. The van der Waals surface area contributed by atoms with Crippen molar-refractivity contribution in [1.82, 2.24) is 14.5 Å². The van der Waals surface area contributed by atoms with Crippen LogP contribution < -0.4 is 5.56 Å². The standard InChI is InChI=1S/C19H13N3O2/c23-15-7-3-6-14(11-15)22-18(13-5-4-10-20-12-13)21-17-9-2-1-8-16(17)19(22)24/h1-12,23H. The molecule has 0 aliphatic carbocycles. The number of rotatable bonds is 2. The quantitative estimate of drug-likeness (QED) is 0.617. The predicted molar refractivity (Wildman–Crippen MR) is 92.2 cm³/mol. The highest BCUT2D eigenvalue weighted by molar-refractivity contribution is 5.80. The monoisotopic (exact) mass is 315 g/mol. The summed E-state index contributed by atoms with van der Waals surface area (Å²) in [6.45, 7) is 0. The van der Waals surface area contributed by atoms with Crippen LogP contribution in [0.4, 0.5) is 0 Å². The summed E-state index contributed by atoms with van der Waals surface area (Å²) in [5.74, 6) is 0.571. The van der Waals surface area contributed by atoms with Crippen LogP contribution in [-0.2, 0) is 0 Å². The van der Waals surface area contributed by atoms with Crippen LogP contribution in [0, 0.1) is 0 Å². The molecule has 24 heavy (non-hydrogen) atoms. The van der Waals surface area contributed by atoms with Crippen LogP contribution in [-0.4, -0.2) is 19.6 Å². The minimum atomic E-state index is -0.190. The molecule has 0 bridgehead atoms. The maximum Gasteiger partial charge on any atom is 0.266 e. The van der Waals surface area contributed by atoms with Gasteiger partial charge in [0.25, 0.3) is 5.56 Å². The van der Waals surface area contributed by atoms with Crippen molar-refractivity contribution in [2.45, 2.75) is 0 Å². The summed E-state index contributed by atoms with van der Waals surface area (Å²) in [7, 11) is 0. The molecule has 0 unspecified atom stereocenters. The largest absolute Gasteiger partial charge is 0.508 e. The summed E-state index contributed by atoms with van der Waals surface area (Å²) in [5.41, 5.74) is 1.71. The van der Waals surface area contributed by atoms with Gasteiger partial charge in [0.2, 0.25) is 0 Å². The molecule has 4 rings (SSSR count). The van der Waals surface area contributed by atoms with Gasteiger partial charge in [0, 0.05) is 24.0 Å². The molecule has 0 saturated heterocycles. The Balaban J connectivity index is 2.13. The molecule has 1 N–H and O–H groups in total. The fraction of sp³-hybridized carbons (Fsp3) is 0. The van der Waals surface area contributed by atoms with Gasteiger partial charge in [-0.3, -0.25) is 14.3 Å². The van der Waals surface area contributed by atoms with Crippen LogP contribution >= 0.6 is 0 Å². The Bertz CT molecular complexity index is 1090. The lowest BCUT2D eigenvalue weighted by atomic mass is 10.2. The smallest absolute Gasteiger partial charge is 0.266 e. The van der Waals surface area contributed by atoms with Crippen LogP contribution in [0.5, 0.6) is 5.75 Å². The summed E-state index contributed by atoms with van der Waals surface area (Å²) in [6, 6.07) is 17.4. The van der Waals surface area contributed by atoms with Gasteiger partial charge in [-0.05, 0) is 36.4 Å². The third-order valence-electron chi connectivity index (χ3n) is 3.78. The molecule has 0 aliphatic heterocycles. The fourth-order valence-electron chi connectivity index (χ4n) is 2.69. The molecule has 5 nitrogen and oxygen atoms in total. The molecule has 0 spiro atoms. The van der Waals surface area contributed by atoms with Gasteiger partial charge < -0.3 is 5.11 Å². The Kier molecular flexibility index (Phi) is 3.31. The lowest BCUT2D eigenvalue weighted by Crippen LogP contribution is -2.21. The van der Waals surface area contributed by atoms with E-state index in [2.05, 4.69) is 9.97 Å². The molecule has 2 heterocycles. The van der Waals surface area contributed by atoms with E-state index in [9.17, 15) is 9.90 Å². The van der Waals surface area contributed by atoms with Crippen molar-refractivity contribution in [2.24, 2.45) is 0 Å². The van der Waals surface area contributed by atoms with E-state index in [1.54, 1.807) is 42.7 Å². The number of aromatic hydroxyl groups is 1. The van der Waals surface area contributed by atoms with Crippen molar-refractivity contribution in [3.63, 3.8) is 0 Å². The van der Waals surface area contributed by atoms with E-state index in [1.807, 2.05) is 24.3 Å². The molecular weight excluding hydrogens is 302 g/mol. The zero-order valence-electron chi connectivity index (χ0n) is 12.6. The zero-order valence-corrected chi connectivity index (χ0v) is 12.6. The van der Waals surface area contributed by atoms with E-state index in [0.717, 1.165) is 5.56 Å². The average Bonchev–Trinajstić information content (AvgIpc) is 2.62. The van der Waals surface area contributed by atoms with Crippen molar-refractivity contribution < 1.29 is 5.11 Å². The second-order valence-corrected chi connectivity index (χ2v) is 5.35. The number of hydrogen-bond donors (Lipinski definition) is 1. The Hall–Kier alpha value is -3.47. The number of nitrogens with zero attached hydrogens (tertiary/aromatic N) is 3. The molecule has 4 aromatic rings. The van der Waals surface area contributed by atoms with E-state index < -0.39 is 0 Å². The van der Waals surface area contributed by atoms with E-state index in [4.69, 9.17) is 0 Å². The third kappa shape index (κ3) is 2.32. The minimum absolute atomic E-state index is 0.0877. The van der Waals surface area contributed by atoms with Gasteiger partial charge in [-0.1, -0.05) is 18.2 Å². The average molecular weight is 315 g/mol. The van der Waals surface area contributed by atoms with Crippen LogP contribution in [0.3, 0.4) is 0 Å². The number of aromatic nitrogens is 3. The number of phenolic OH excluding ortho intramolecular Hbond substituents is 1. The van der Waals surface area contributed by atoms with Crippen LogP contribution in [0.25, 0.3) is 28.0 Å². The van der Waals surface area contributed by atoms with E-state index >= 15 is 0 Å². The Morgan fingerprint density at radius 3 is 2.62 bits per heavy atom. The Labute approximate surface area is 137 Å². The normalized spacial score (nSPS) is 10.8. The Morgan fingerprint density at radius 2 is 1.83 bits per heavy atom. The number of para-hydroxylation sites is 1. The van der Waals surface area contributed by atoms with Crippen molar-refractivity contribution in [3.8, 4) is 22.8 Å². The summed E-state index contributed by atoms with van der Waals surface area (Å²) >= 11 is 0. The molecule has 0 aliphatic rings. The van der Waals surface area contributed by atoms with Crippen molar-refractivity contribution in [3.05, 3.63) is 83.4 Å². The van der Waals surface area contributed by atoms with E-state index in [-0.39, 0.29) is 11.3 Å². The minimum Gasteiger partial charge on any atom is -0.508 e. The zero-order chi connectivity index (χ0) is 16.5. The first-order valence-corrected chi connectivity index (χ1v) is 7.45. The van der Waals surface area contributed by atoms with Crippen LogP contribution in [0.15, 0.2) is 77.9 Å². The maximum atomic E-state index is 13.1. The lowest BCUT2D eigenvalue weighted by molar-refractivity contribution is 0.475. The highest BCUT2D eigenvalue weighted by Crippen LogP contribution is 2.23. The van der Waals surface area contributed by atoms with E-state index in [1.165, 1.54) is 10.6 Å². The summed E-state index contributed by atoms with van der Waals surface area (Å²) in [5, 5.41) is 10.3. The van der Waals surface area contributed by atoms with Crippen molar-refractivity contribution in [1.29, 1.82) is 0 Å². The molecule has 0 radical (unpaired) electrons. The number of pyridine rings is 1. The SMILES string of the molecule is O=c1c2ccccc2nc(-c2cccnc2)n1-c1cccc(O)c1. The molecule has 0 atom stereocenters. The van der Waals surface area contributed by atoms with Gasteiger partial charge in [0.05, 0.1) is 16.6 Å². The van der Waals surface area contributed by atoms with Crippen LogP contribution in [0.1, 0.15) is 0 Å². The molecule has 2 aromatic heterocycles. The van der Waals surface area contributed by atoms with Gasteiger partial charge in [0.15, 0.2) is 0 Å². The van der Waals surface area contributed by atoms with Crippen molar-refractivity contribution in [2.75, 3.05) is 0 Å². The molecule has 0 fully saturated rings. The van der Waals surface area contributed by atoms with Crippen molar-refractivity contribution >= 4 is 10.9 Å². The molecular formula is C19H13N3O2. The molecule has 2 aromatic carbocycles. The molecule has 5 heteroatoms. The topological polar surface area (TPSA) is 68.0 Å². The Morgan fingerprint density at radius 1 is 0.958 bits per heavy atom.